The first-order chi connectivity index (χ1) is 6.89. The molecule has 98 valence electrons. The van der Waals surface area contributed by atoms with Crippen LogP contribution in [0.2, 0.25) is 0 Å². The minimum Gasteiger partial charge on any atom is -0.443 e. The molecule has 0 aliphatic rings. The number of rotatable bonds is 0. The summed E-state index contributed by atoms with van der Waals surface area (Å²) in [6.45, 7) is 11.4. The summed E-state index contributed by atoms with van der Waals surface area (Å²) in [4.78, 5) is 10.7. The van der Waals surface area contributed by atoms with Gasteiger partial charge in [-0.1, -0.05) is 0 Å². The van der Waals surface area contributed by atoms with Crippen LogP contribution in [0.15, 0.2) is 0 Å². The molecule has 5 heteroatoms. The van der Waals surface area contributed by atoms with E-state index in [0.29, 0.717) is 0 Å². The van der Waals surface area contributed by atoms with Crippen molar-refractivity contribution in [3.05, 3.63) is 0 Å². The summed E-state index contributed by atoms with van der Waals surface area (Å²) >= 11 is 0. The Hall–Kier alpha value is -0.810. The fourth-order valence-corrected chi connectivity index (χ4v) is 0.334. The molecule has 0 spiro atoms. The van der Waals surface area contributed by atoms with Gasteiger partial charge >= 0.3 is 6.09 Å². The quantitative estimate of drug-likeness (QED) is 0.396. The van der Waals surface area contributed by atoms with E-state index in [-0.39, 0.29) is 5.60 Å². The zero-order valence-corrected chi connectivity index (χ0v) is 11.7. The first-order valence-corrected chi connectivity index (χ1v) is 5.15. The lowest BCUT2D eigenvalue weighted by Gasteiger charge is -2.21. The first-order valence-electron chi connectivity index (χ1n) is 5.15. The van der Waals surface area contributed by atoms with Gasteiger partial charge in [-0.3, -0.25) is 0 Å². The van der Waals surface area contributed by atoms with Crippen molar-refractivity contribution in [1.29, 1.82) is 0 Å². The summed E-state index contributed by atoms with van der Waals surface area (Å²) < 4.78 is 9.80. The minimum absolute atomic E-state index is 0.0417. The molecule has 0 saturated carbocycles. The van der Waals surface area contributed by atoms with Gasteiger partial charge in [-0.2, -0.15) is 0 Å². The van der Waals surface area contributed by atoms with Gasteiger partial charge in [-0.15, -0.1) is 0 Å². The number of nitrogens with two attached hydrogens (primary N) is 1. The third-order valence-corrected chi connectivity index (χ3v) is 1.29. The van der Waals surface area contributed by atoms with E-state index in [1.54, 1.807) is 27.9 Å². The fourth-order valence-electron chi connectivity index (χ4n) is 0.334. The fraction of sp³-hybridized carbons (Fsp3) is 0.909. The largest absolute Gasteiger partial charge is 0.443 e. The van der Waals surface area contributed by atoms with Crippen LogP contribution in [0.1, 0.15) is 41.5 Å². The Balaban J connectivity index is 0. The van der Waals surface area contributed by atoms with Crippen LogP contribution in [0.3, 0.4) is 0 Å². The van der Waals surface area contributed by atoms with Gasteiger partial charge in [0.1, 0.15) is 5.60 Å². The maximum Gasteiger partial charge on any atom is 0.424 e. The monoisotopic (exact) mass is 234 g/mol. The van der Waals surface area contributed by atoms with E-state index in [4.69, 9.17) is 15.3 Å². The van der Waals surface area contributed by atoms with Crippen LogP contribution in [-0.4, -0.2) is 36.5 Å². The summed E-state index contributed by atoms with van der Waals surface area (Å²) in [5.41, 5.74) is -0.426. The van der Waals surface area contributed by atoms with Gasteiger partial charge in [0.2, 0.25) is 0 Å². The summed E-state index contributed by atoms with van der Waals surface area (Å²) in [6, 6.07) is 0. The SMILES string of the molecule is CN(N)C(=O)OC(C)(C)C.COC(C)(C)C. The van der Waals surface area contributed by atoms with Gasteiger partial charge in [-0.05, 0) is 41.5 Å². The van der Waals surface area contributed by atoms with E-state index in [9.17, 15) is 4.79 Å². The van der Waals surface area contributed by atoms with Gasteiger partial charge in [0.25, 0.3) is 0 Å². The highest BCUT2D eigenvalue weighted by Crippen LogP contribution is 2.07. The number of ether oxygens (including phenoxy) is 2. The molecule has 0 aromatic carbocycles. The number of hydrogen-bond acceptors (Lipinski definition) is 4. The van der Waals surface area contributed by atoms with Crippen molar-refractivity contribution < 1.29 is 14.3 Å². The van der Waals surface area contributed by atoms with Crippen LogP contribution in [0.25, 0.3) is 0 Å². The van der Waals surface area contributed by atoms with E-state index >= 15 is 0 Å². The summed E-state index contributed by atoms with van der Waals surface area (Å²) in [5, 5.41) is 0.908. The van der Waals surface area contributed by atoms with Crippen molar-refractivity contribution >= 4 is 6.09 Å². The molecule has 0 aliphatic carbocycles. The Morgan fingerprint density at radius 2 is 1.38 bits per heavy atom. The molecule has 0 unspecified atom stereocenters. The van der Waals surface area contributed by atoms with Crippen molar-refractivity contribution in [1.82, 2.24) is 5.01 Å². The Morgan fingerprint density at radius 3 is 1.44 bits per heavy atom. The standard InChI is InChI=1S/C6H14N2O2.C5H12O/c1-6(2,3)10-5(9)8(4)7;1-5(2,3)6-4/h7H2,1-4H3;1-4H3. The predicted molar refractivity (Wildman–Crippen MR) is 64.9 cm³/mol. The lowest BCUT2D eigenvalue weighted by atomic mass is 10.2. The number of carbonyl (C=O) groups excluding carboxylic acids is 1. The zero-order chi connectivity index (χ0) is 13.6. The highest BCUT2D eigenvalue weighted by molar-refractivity contribution is 5.66. The summed E-state index contributed by atoms with van der Waals surface area (Å²) in [7, 11) is 3.15. The van der Waals surface area contributed by atoms with Gasteiger partial charge in [-0.25, -0.2) is 15.6 Å². The maximum atomic E-state index is 10.7. The molecule has 0 atom stereocenters. The topological polar surface area (TPSA) is 64.8 Å². The highest BCUT2D eigenvalue weighted by Gasteiger charge is 2.17. The molecule has 0 aromatic heterocycles. The van der Waals surface area contributed by atoms with Crippen molar-refractivity contribution in [3.63, 3.8) is 0 Å². The van der Waals surface area contributed by atoms with Crippen LogP contribution in [0, 0.1) is 0 Å². The van der Waals surface area contributed by atoms with Crippen molar-refractivity contribution in [2.75, 3.05) is 14.2 Å². The Labute approximate surface area is 98.9 Å². The molecule has 2 N–H and O–H groups in total. The van der Waals surface area contributed by atoms with E-state index in [2.05, 4.69) is 0 Å². The number of amides is 1. The smallest absolute Gasteiger partial charge is 0.424 e. The molecular formula is C11H26N2O3. The van der Waals surface area contributed by atoms with E-state index in [0.717, 1.165) is 5.01 Å². The van der Waals surface area contributed by atoms with E-state index in [1.165, 1.54) is 7.05 Å². The Kier molecular flexibility index (Phi) is 7.37. The molecule has 0 aliphatic heterocycles. The predicted octanol–water partition coefficient (Wildman–Crippen LogP) is 2.16. The minimum atomic E-state index is -0.521. The van der Waals surface area contributed by atoms with Crippen molar-refractivity contribution in [2.45, 2.75) is 52.7 Å². The van der Waals surface area contributed by atoms with Crippen LogP contribution in [0.5, 0.6) is 0 Å². The lowest BCUT2D eigenvalue weighted by Crippen LogP contribution is -2.38. The Bertz CT molecular complexity index is 202. The third-order valence-electron chi connectivity index (χ3n) is 1.29. The van der Waals surface area contributed by atoms with Crippen molar-refractivity contribution in [3.8, 4) is 0 Å². The third kappa shape index (κ3) is 15.7. The molecule has 0 fully saturated rings. The van der Waals surface area contributed by atoms with Gasteiger partial charge < -0.3 is 9.47 Å². The molecule has 0 heterocycles. The number of methoxy groups -OCH3 is 1. The normalized spacial score (nSPS) is 11.3. The molecule has 0 bridgehead atoms. The summed E-state index contributed by atoms with van der Waals surface area (Å²) in [6.07, 6.45) is -0.521. The molecule has 0 rings (SSSR count). The second-order valence-electron chi connectivity index (χ2n) is 5.41. The zero-order valence-electron chi connectivity index (χ0n) is 11.7. The average Bonchev–Trinajstić information content (AvgIpc) is 2.00. The number of hydrazine groups is 1. The summed E-state index contributed by atoms with van der Waals surface area (Å²) in [5.74, 6) is 5.10. The number of carbonyl (C=O) groups is 1. The van der Waals surface area contributed by atoms with Crippen LogP contribution in [-0.2, 0) is 9.47 Å². The van der Waals surface area contributed by atoms with Crippen molar-refractivity contribution in [2.24, 2.45) is 5.84 Å². The molecule has 5 nitrogen and oxygen atoms in total. The second kappa shape index (κ2) is 6.70. The number of nitrogens with zero attached hydrogens (tertiary/aromatic N) is 1. The van der Waals surface area contributed by atoms with Gasteiger partial charge in [0.05, 0.1) is 5.60 Å². The van der Waals surface area contributed by atoms with Gasteiger partial charge in [0, 0.05) is 14.2 Å². The molecular weight excluding hydrogens is 208 g/mol. The molecule has 0 radical (unpaired) electrons. The maximum absolute atomic E-state index is 10.7. The molecule has 16 heavy (non-hydrogen) atoms. The lowest BCUT2D eigenvalue weighted by molar-refractivity contribution is 0.0297. The number of hydrogen-bond donors (Lipinski definition) is 1. The molecule has 0 aromatic rings. The highest BCUT2D eigenvalue weighted by atomic mass is 16.6. The van der Waals surface area contributed by atoms with Crippen LogP contribution < -0.4 is 5.84 Å². The van der Waals surface area contributed by atoms with Gasteiger partial charge in [0.15, 0.2) is 0 Å². The first kappa shape index (κ1) is 17.6. The van der Waals surface area contributed by atoms with Crippen LogP contribution in [0.4, 0.5) is 4.79 Å². The second-order valence-corrected chi connectivity index (χ2v) is 5.41. The van der Waals surface area contributed by atoms with E-state index < -0.39 is 11.7 Å². The Morgan fingerprint density at radius 1 is 1.06 bits per heavy atom. The van der Waals surface area contributed by atoms with Crippen LogP contribution >= 0.6 is 0 Å². The average molecular weight is 234 g/mol. The molecule has 1 amide bonds. The molecule has 0 saturated heterocycles. The van der Waals surface area contributed by atoms with E-state index in [1.807, 2.05) is 20.8 Å².